The van der Waals surface area contributed by atoms with Crippen LogP contribution in [0.3, 0.4) is 0 Å². The molecule has 0 aliphatic rings. The quantitative estimate of drug-likeness (QED) is 0.783. The second kappa shape index (κ2) is 6.89. The van der Waals surface area contributed by atoms with Crippen molar-refractivity contribution in [2.45, 2.75) is 13.5 Å². The van der Waals surface area contributed by atoms with Gasteiger partial charge in [-0.25, -0.2) is 4.39 Å². The molecule has 3 nitrogen and oxygen atoms in total. The minimum atomic E-state index is -0.509. The average Bonchev–Trinajstić information content (AvgIpc) is 2.53. The highest BCUT2D eigenvalue weighted by molar-refractivity contribution is 6.04. The van der Waals surface area contributed by atoms with Gasteiger partial charge in [-0.3, -0.25) is 4.79 Å². The monoisotopic (exact) mass is 299 g/mol. The van der Waals surface area contributed by atoms with Gasteiger partial charge in [0, 0.05) is 11.6 Å². The van der Waals surface area contributed by atoms with Crippen LogP contribution < -0.4 is 9.64 Å². The summed E-state index contributed by atoms with van der Waals surface area (Å²) < 4.78 is 19.3. The molecular formula is C18H18FNO2. The van der Waals surface area contributed by atoms with Gasteiger partial charge in [0.05, 0.1) is 19.3 Å². The number of nitrogens with zero attached hydrogens (tertiary/aromatic N) is 1. The van der Waals surface area contributed by atoms with Crippen molar-refractivity contribution in [3.05, 3.63) is 72.1 Å². The van der Waals surface area contributed by atoms with E-state index in [1.165, 1.54) is 24.1 Å². The molecule has 0 fully saturated rings. The predicted molar refractivity (Wildman–Crippen MR) is 85.4 cm³/mol. The van der Waals surface area contributed by atoms with E-state index < -0.39 is 5.82 Å². The molecule has 1 amide bonds. The van der Waals surface area contributed by atoms with Gasteiger partial charge in [0.15, 0.2) is 5.82 Å². The van der Waals surface area contributed by atoms with Gasteiger partial charge < -0.3 is 9.64 Å². The van der Waals surface area contributed by atoms with Crippen LogP contribution in [0.5, 0.6) is 5.75 Å². The van der Waals surface area contributed by atoms with Crippen molar-refractivity contribution in [1.82, 2.24) is 0 Å². The number of anilines is 1. The Morgan fingerprint density at radius 3 is 2.45 bits per heavy atom. The molecule has 0 unspecified atom stereocenters. The van der Waals surface area contributed by atoms with E-state index in [-0.39, 0.29) is 18.1 Å². The number of carbonyl (C=O) groups is 1. The molecule has 0 N–H and O–H groups in total. The average molecular weight is 299 g/mol. The highest BCUT2D eigenvalue weighted by Gasteiger charge is 2.20. The third-order valence-electron chi connectivity index (χ3n) is 3.24. The van der Waals surface area contributed by atoms with Gasteiger partial charge in [-0.15, -0.1) is 0 Å². The van der Waals surface area contributed by atoms with E-state index >= 15 is 0 Å². The zero-order chi connectivity index (χ0) is 16.1. The normalized spacial score (nSPS) is 10.1. The summed E-state index contributed by atoms with van der Waals surface area (Å²) >= 11 is 0. The number of methoxy groups -OCH3 is 1. The smallest absolute Gasteiger partial charge is 0.253 e. The molecule has 0 aliphatic carbocycles. The molecule has 0 atom stereocenters. The Balaban J connectivity index is 2.40. The maximum Gasteiger partial charge on any atom is 0.253 e. The predicted octanol–water partition coefficient (Wildman–Crippen LogP) is 3.94. The third kappa shape index (κ3) is 3.52. The number of ether oxygens (including phenoxy) is 1. The van der Waals surface area contributed by atoms with Gasteiger partial charge >= 0.3 is 0 Å². The number of amides is 1. The minimum absolute atomic E-state index is 0.206. The van der Waals surface area contributed by atoms with Gasteiger partial charge in [0.25, 0.3) is 5.91 Å². The van der Waals surface area contributed by atoms with Crippen molar-refractivity contribution in [2.24, 2.45) is 0 Å². The molecule has 0 bridgehead atoms. The summed E-state index contributed by atoms with van der Waals surface area (Å²) in [6, 6.07) is 13.9. The van der Waals surface area contributed by atoms with Crippen LogP contribution in [0.4, 0.5) is 10.1 Å². The SMILES string of the molecule is C=C(C)C(=O)N(Cc1ccccc1)c1ccc(OC)cc1F. The molecule has 0 saturated carbocycles. The maximum absolute atomic E-state index is 14.3. The topological polar surface area (TPSA) is 29.5 Å². The Morgan fingerprint density at radius 1 is 1.23 bits per heavy atom. The largest absolute Gasteiger partial charge is 0.497 e. The summed E-state index contributed by atoms with van der Waals surface area (Å²) in [4.78, 5) is 13.8. The highest BCUT2D eigenvalue weighted by Crippen LogP contribution is 2.26. The zero-order valence-electron chi connectivity index (χ0n) is 12.7. The first-order valence-electron chi connectivity index (χ1n) is 6.87. The van der Waals surface area contributed by atoms with E-state index in [1.807, 2.05) is 30.3 Å². The molecule has 114 valence electrons. The molecule has 0 aliphatic heterocycles. The van der Waals surface area contributed by atoms with Crippen LogP contribution in [-0.4, -0.2) is 13.0 Å². The zero-order valence-corrected chi connectivity index (χ0v) is 12.7. The second-order valence-corrected chi connectivity index (χ2v) is 4.97. The van der Waals surface area contributed by atoms with Gasteiger partial charge in [-0.1, -0.05) is 36.9 Å². The minimum Gasteiger partial charge on any atom is -0.497 e. The van der Waals surface area contributed by atoms with E-state index in [4.69, 9.17) is 4.74 Å². The summed E-state index contributed by atoms with van der Waals surface area (Å²) in [6.07, 6.45) is 0. The summed E-state index contributed by atoms with van der Waals surface area (Å²) in [5.41, 5.74) is 1.47. The third-order valence-corrected chi connectivity index (χ3v) is 3.24. The van der Waals surface area contributed by atoms with Crippen LogP contribution in [0.25, 0.3) is 0 Å². The summed E-state index contributed by atoms with van der Waals surface area (Å²) in [6.45, 7) is 5.55. The Kier molecular flexibility index (Phi) is 4.94. The summed E-state index contributed by atoms with van der Waals surface area (Å²) in [7, 11) is 1.47. The molecule has 2 rings (SSSR count). The van der Waals surface area contributed by atoms with Crippen molar-refractivity contribution in [2.75, 3.05) is 12.0 Å². The van der Waals surface area contributed by atoms with E-state index in [9.17, 15) is 9.18 Å². The number of rotatable bonds is 5. The number of hydrogen-bond acceptors (Lipinski definition) is 2. The van der Waals surface area contributed by atoms with Gasteiger partial charge in [0.1, 0.15) is 5.75 Å². The Bertz CT molecular complexity index is 683. The molecule has 0 heterocycles. The molecule has 4 heteroatoms. The molecular weight excluding hydrogens is 281 g/mol. The van der Waals surface area contributed by atoms with Crippen LogP contribution in [0.1, 0.15) is 12.5 Å². The van der Waals surface area contributed by atoms with Crippen molar-refractivity contribution >= 4 is 11.6 Å². The Morgan fingerprint density at radius 2 is 1.91 bits per heavy atom. The van der Waals surface area contributed by atoms with Crippen LogP contribution in [-0.2, 0) is 11.3 Å². The molecule has 22 heavy (non-hydrogen) atoms. The maximum atomic E-state index is 14.3. The van der Waals surface area contributed by atoms with E-state index in [0.29, 0.717) is 11.3 Å². The van der Waals surface area contributed by atoms with E-state index in [0.717, 1.165) is 5.56 Å². The fourth-order valence-electron chi connectivity index (χ4n) is 2.10. The van der Waals surface area contributed by atoms with Gasteiger partial charge in [-0.2, -0.15) is 0 Å². The molecule has 0 saturated heterocycles. The first kappa shape index (κ1) is 15.8. The van der Waals surface area contributed by atoms with Crippen LogP contribution in [0, 0.1) is 5.82 Å². The first-order chi connectivity index (χ1) is 10.5. The number of benzene rings is 2. The fourth-order valence-corrected chi connectivity index (χ4v) is 2.10. The van der Waals surface area contributed by atoms with E-state index in [1.54, 1.807) is 13.0 Å². The standard InChI is InChI=1S/C18H18FNO2/c1-13(2)18(21)20(12-14-7-5-4-6-8-14)17-10-9-15(22-3)11-16(17)19/h4-11H,1,12H2,2-3H3. The second-order valence-electron chi connectivity index (χ2n) is 4.97. The lowest BCUT2D eigenvalue weighted by Gasteiger charge is -2.24. The molecule has 0 aromatic heterocycles. The first-order valence-corrected chi connectivity index (χ1v) is 6.87. The van der Waals surface area contributed by atoms with Crippen molar-refractivity contribution in [1.29, 1.82) is 0 Å². The van der Waals surface area contributed by atoms with E-state index in [2.05, 4.69) is 6.58 Å². The van der Waals surface area contributed by atoms with Crippen LogP contribution in [0.15, 0.2) is 60.7 Å². The lowest BCUT2D eigenvalue weighted by Crippen LogP contribution is -2.31. The molecule has 0 spiro atoms. The lowest BCUT2D eigenvalue weighted by molar-refractivity contribution is -0.115. The highest BCUT2D eigenvalue weighted by atomic mass is 19.1. The van der Waals surface area contributed by atoms with Gasteiger partial charge in [0.2, 0.25) is 0 Å². The van der Waals surface area contributed by atoms with Gasteiger partial charge in [-0.05, 0) is 24.6 Å². The number of halogens is 1. The van der Waals surface area contributed by atoms with Crippen molar-refractivity contribution in [3.8, 4) is 5.75 Å². The van der Waals surface area contributed by atoms with Crippen LogP contribution >= 0.6 is 0 Å². The Labute approximate surface area is 129 Å². The molecule has 0 radical (unpaired) electrons. The van der Waals surface area contributed by atoms with Crippen LogP contribution in [0.2, 0.25) is 0 Å². The summed E-state index contributed by atoms with van der Waals surface area (Å²) in [5.74, 6) is -0.415. The number of carbonyl (C=O) groups excluding carboxylic acids is 1. The number of hydrogen-bond donors (Lipinski definition) is 0. The molecule has 2 aromatic rings. The van der Waals surface area contributed by atoms with Crippen molar-refractivity contribution < 1.29 is 13.9 Å². The van der Waals surface area contributed by atoms with Crippen molar-refractivity contribution in [3.63, 3.8) is 0 Å². The lowest BCUT2D eigenvalue weighted by atomic mass is 10.1. The summed E-state index contributed by atoms with van der Waals surface area (Å²) in [5, 5.41) is 0. The molecule has 2 aromatic carbocycles. The fraction of sp³-hybridized carbons (Fsp3) is 0.167. The Hall–Kier alpha value is -2.62.